The Balaban J connectivity index is 2.03. The molecule has 0 saturated heterocycles. The van der Waals surface area contributed by atoms with E-state index in [0.717, 1.165) is 25.7 Å². The molecule has 0 aromatic heterocycles. The van der Waals surface area contributed by atoms with Crippen molar-refractivity contribution >= 4 is 21.8 Å². The van der Waals surface area contributed by atoms with Crippen LogP contribution in [0.3, 0.4) is 0 Å². The van der Waals surface area contributed by atoms with Crippen molar-refractivity contribution in [1.29, 1.82) is 0 Å². The molecule has 30 heavy (non-hydrogen) atoms. The molecule has 0 bridgehead atoms. The van der Waals surface area contributed by atoms with Gasteiger partial charge in [-0.3, -0.25) is 5.32 Å². The summed E-state index contributed by atoms with van der Waals surface area (Å²) >= 11 is 0. The molecule has 0 heterocycles. The largest absolute Gasteiger partial charge is 0.446 e. The summed E-state index contributed by atoms with van der Waals surface area (Å²) in [5.74, 6) is 1.40. The first-order valence-corrected chi connectivity index (χ1v) is 12.7. The molecule has 0 unspecified atom stereocenters. The Morgan fingerprint density at radius 3 is 2.27 bits per heavy atom. The fourth-order valence-electron chi connectivity index (χ4n) is 4.25. The number of rotatable bonds is 9. The summed E-state index contributed by atoms with van der Waals surface area (Å²) in [5, 5.41) is 2.75. The summed E-state index contributed by atoms with van der Waals surface area (Å²) in [6, 6.07) is 6.33. The molecule has 1 amide bonds. The molecule has 1 aliphatic carbocycles. The summed E-state index contributed by atoms with van der Waals surface area (Å²) in [6.07, 6.45) is 4.11. The van der Waals surface area contributed by atoms with Crippen molar-refractivity contribution in [1.82, 2.24) is 4.31 Å². The Labute approximate surface area is 182 Å². The van der Waals surface area contributed by atoms with Crippen LogP contribution in [0.15, 0.2) is 29.2 Å². The lowest BCUT2D eigenvalue weighted by Crippen LogP contribution is -2.37. The third kappa shape index (κ3) is 6.45. The molecule has 1 aromatic carbocycles. The first-order chi connectivity index (χ1) is 14.2. The van der Waals surface area contributed by atoms with Gasteiger partial charge in [0.2, 0.25) is 10.0 Å². The van der Waals surface area contributed by atoms with Crippen LogP contribution >= 0.6 is 0 Å². The molecule has 0 radical (unpaired) electrons. The molecular formula is C23H38N2O4S. The Hall–Kier alpha value is -1.60. The zero-order valence-corrected chi connectivity index (χ0v) is 19.9. The fraction of sp³-hybridized carbons (Fsp3) is 0.696. The van der Waals surface area contributed by atoms with E-state index in [2.05, 4.69) is 26.1 Å². The van der Waals surface area contributed by atoms with E-state index in [4.69, 9.17) is 4.74 Å². The fourth-order valence-corrected chi connectivity index (χ4v) is 5.87. The number of amides is 1. The molecule has 0 aliphatic heterocycles. The third-order valence-electron chi connectivity index (χ3n) is 5.90. The van der Waals surface area contributed by atoms with E-state index in [1.165, 1.54) is 10.7 Å². The van der Waals surface area contributed by atoms with Gasteiger partial charge in [0.1, 0.15) is 6.10 Å². The van der Waals surface area contributed by atoms with E-state index in [0.29, 0.717) is 36.5 Å². The molecule has 1 aliphatic rings. The maximum Gasteiger partial charge on any atom is 0.411 e. The maximum atomic E-state index is 12.9. The van der Waals surface area contributed by atoms with Crippen molar-refractivity contribution < 1.29 is 17.9 Å². The Morgan fingerprint density at radius 1 is 1.13 bits per heavy atom. The van der Waals surface area contributed by atoms with E-state index < -0.39 is 16.1 Å². The second kappa shape index (κ2) is 11.1. The van der Waals surface area contributed by atoms with Crippen molar-refractivity contribution in [2.75, 3.05) is 18.4 Å². The summed E-state index contributed by atoms with van der Waals surface area (Å²) < 4.78 is 33.0. The number of hydrogen-bond donors (Lipinski definition) is 1. The van der Waals surface area contributed by atoms with E-state index in [9.17, 15) is 13.2 Å². The van der Waals surface area contributed by atoms with Crippen LogP contribution < -0.4 is 5.32 Å². The van der Waals surface area contributed by atoms with Gasteiger partial charge in [0.05, 0.1) is 4.90 Å². The predicted octanol–water partition coefficient (Wildman–Crippen LogP) is 5.51. The normalized spacial score (nSPS) is 22.3. The lowest BCUT2D eigenvalue weighted by atomic mass is 9.75. The van der Waals surface area contributed by atoms with Gasteiger partial charge in [-0.15, -0.1) is 0 Å². The highest BCUT2D eigenvalue weighted by atomic mass is 32.2. The Bertz CT molecular complexity index is 771. The van der Waals surface area contributed by atoms with Crippen molar-refractivity contribution in [3.63, 3.8) is 0 Å². The lowest BCUT2D eigenvalue weighted by molar-refractivity contribution is 0.0126. The van der Waals surface area contributed by atoms with E-state index in [1.807, 2.05) is 13.8 Å². The van der Waals surface area contributed by atoms with Crippen molar-refractivity contribution in [3.05, 3.63) is 24.3 Å². The minimum absolute atomic E-state index is 0.0787. The first kappa shape index (κ1) is 24.7. The van der Waals surface area contributed by atoms with Crippen molar-refractivity contribution in [2.24, 2.45) is 17.8 Å². The van der Waals surface area contributed by atoms with Gasteiger partial charge in [0, 0.05) is 18.8 Å². The smallest absolute Gasteiger partial charge is 0.411 e. The summed E-state index contributed by atoms with van der Waals surface area (Å²) in [4.78, 5) is 12.7. The molecule has 1 saturated carbocycles. The molecule has 3 atom stereocenters. The van der Waals surface area contributed by atoms with Crippen LogP contribution in [0.25, 0.3) is 0 Å². The molecule has 1 fully saturated rings. The number of carbonyl (C=O) groups is 1. The Morgan fingerprint density at radius 2 is 1.73 bits per heavy atom. The van der Waals surface area contributed by atoms with E-state index in [1.54, 1.807) is 24.3 Å². The number of sulfonamides is 1. The molecule has 6 nitrogen and oxygen atoms in total. The van der Waals surface area contributed by atoms with Gasteiger partial charge in [-0.25, -0.2) is 13.2 Å². The number of benzene rings is 1. The number of anilines is 1. The predicted molar refractivity (Wildman–Crippen MR) is 121 cm³/mol. The number of ether oxygens (including phenoxy) is 1. The highest BCUT2D eigenvalue weighted by Crippen LogP contribution is 2.35. The van der Waals surface area contributed by atoms with Crippen LogP contribution in [0.2, 0.25) is 0 Å². The number of nitrogens with zero attached hydrogens (tertiary/aromatic N) is 1. The molecule has 2 rings (SSSR count). The molecular weight excluding hydrogens is 400 g/mol. The van der Waals surface area contributed by atoms with Crippen LogP contribution in [0, 0.1) is 17.8 Å². The molecule has 0 spiro atoms. The summed E-state index contributed by atoms with van der Waals surface area (Å²) in [6.45, 7) is 11.5. The summed E-state index contributed by atoms with van der Waals surface area (Å²) in [5.41, 5.74) is 0.529. The van der Waals surface area contributed by atoms with Gasteiger partial charge >= 0.3 is 6.09 Å². The van der Waals surface area contributed by atoms with E-state index in [-0.39, 0.29) is 11.0 Å². The van der Waals surface area contributed by atoms with Gasteiger partial charge < -0.3 is 4.74 Å². The average Bonchev–Trinajstić information content (AvgIpc) is 2.68. The van der Waals surface area contributed by atoms with Crippen LogP contribution in [0.5, 0.6) is 0 Å². The highest BCUT2D eigenvalue weighted by molar-refractivity contribution is 7.89. The van der Waals surface area contributed by atoms with Crippen molar-refractivity contribution in [3.8, 4) is 0 Å². The number of nitrogens with one attached hydrogen (secondary N) is 1. The second-order valence-electron chi connectivity index (χ2n) is 8.82. The quantitative estimate of drug-likeness (QED) is 0.552. The Kier molecular flexibility index (Phi) is 9.16. The van der Waals surface area contributed by atoms with Crippen molar-refractivity contribution in [2.45, 2.75) is 77.7 Å². The maximum absolute atomic E-state index is 12.9. The molecule has 1 N–H and O–H groups in total. The van der Waals surface area contributed by atoms with Gasteiger partial charge in [-0.2, -0.15) is 4.31 Å². The number of hydrogen-bond acceptors (Lipinski definition) is 4. The van der Waals surface area contributed by atoms with Gasteiger partial charge in [-0.1, -0.05) is 41.0 Å². The third-order valence-corrected chi connectivity index (χ3v) is 7.82. The number of carbonyl (C=O) groups excluding carboxylic acids is 1. The lowest BCUT2D eigenvalue weighted by Gasteiger charge is -2.36. The highest BCUT2D eigenvalue weighted by Gasteiger charge is 2.33. The van der Waals surface area contributed by atoms with Crippen LogP contribution in [0.1, 0.15) is 66.7 Å². The molecule has 170 valence electrons. The summed E-state index contributed by atoms with van der Waals surface area (Å²) in [7, 11) is -3.53. The minimum atomic E-state index is -3.53. The molecule has 7 heteroatoms. The van der Waals surface area contributed by atoms with Gasteiger partial charge in [0.25, 0.3) is 0 Å². The zero-order chi connectivity index (χ0) is 22.3. The second-order valence-corrected chi connectivity index (χ2v) is 10.8. The SMILES string of the molecule is CCCN(CCC)S(=O)(=O)c1ccc(NC(=O)O[C@H]2C[C@@H](C)CC[C@@H]2C(C)C)cc1. The first-order valence-electron chi connectivity index (χ1n) is 11.3. The van der Waals surface area contributed by atoms with E-state index >= 15 is 0 Å². The van der Waals surface area contributed by atoms with Crippen LogP contribution in [-0.4, -0.2) is 38.0 Å². The monoisotopic (exact) mass is 438 g/mol. The standard InChI is InChI=1S/C23H38N2O4S/c1-6-14-25(15-7-2)30(27,28)20-11-9-19(10-12-20)24-23(26)29-22-16-18(5)8-13-21(22)17(3)4/h9-12,17-18,21-22H,6-8,13-16H2,1-5H3,(H,24,26)/t18-,21+,22-/m0/s1. The topological polar surface area (TPSA) is 75.7 Å². The van der Waals surface area contributed by atoms with Gasteiger partial charge in [-0.05, 0) is 67.7 Å². The van der Waals surface area contributed by atoms with Crippen LogP contribution in [-0.2, 0) is 14.8 Å². The minimum Gasteiger partial charge on any atom is -0.446 e. The van der Waals surface area contributed by atoms with Crippen LogP contribution in [0.4, 0.5) is 10.5 Å². The average molecular weight is 439 g/mol. The zero-order valence-electron chi connectivity index (χ0n) is 19.1. The molecule has 1 aromatic rings. The van der Waals surface area contributed by atoms with Gasteiger partial charge in [0.15, 0.2) is 0 Å².